The summed E-state index contributed by atoms with van der Waals surface area (Å²) >= 11 is 0. The van der Waals surface area contributed by atoms with Gasteiger partial charge in [-0.3, -0.25) is 14.7 Å². The van der Waals surface area contributed by atoms with Gasteiger partial charge in [0.2, 0.25) is 0 Å². The number of nitro benzene ring substituents is 1. The van der Waals surface area contributed by atoms with Crippen LogP contribution < -0.4 is 5.73 Å². The van der Waals surface area contributed by atoms with E-state index in [-0.39, 0.29) is 21.7 Å². The lowest BCUT2D eigenvalue weighted by Crippen LogP contribution is -1.96. The van der Waals surface area contributed by atoms with Crippen LogP contribution in [-0.4, -0.2) is 17.9 Å². The smallest absolute Gasteiger partial charge is 0.294 e. The Bertz CT molecular complexity index is 1140. The highest BCUT2D eigenvalue weighted by molar-refractivity contribution is 7.85. The van der Waals surface area contributed by atoms with Crippen molar-refractivity contribution in [1.82, 2.24) is 0 Å². The second-order valence-corrected chi connectivity index (χ2v) is 6.72. The zero-order valence-electron chi connectivity index (χ0n) is 13.1. The first-order valence-corrected chi connectivity index (χ1v) is 8.66. The second kappa shape index (κ2) is 6.50. The molecule has 3 rings (SSSR count). The van der Waals surface area contributed by atoms with E-state index in [0.717, 1.165) is 0 Å². The number of hydrogen-bond donors (Lipinski definition) is 2. The third-order valence-electron chi connectivity index (χ3n) is 3.63. The molecule has 0 heterocycles. The molecule has 0 unspecified atom stereocenters. The van der Waals surface area contributed by atoms with E-state index in [4.69, 9.17) is 10.3 Å². The highest BCUT2D eigenvalue weighted by Crippen LogP contribution is 2.37. The molecular formula is C16H12N4O5S. The summed E-state index contributed by atoms with van der Waals surface area (Å²) in [6, 6.07) is 12.7. The number of hydrogen-bond acceptors (Lipinski definition) is 7. The van der Waals surface area contributed by atoms with E-state index < -0.39 is 15.0 Å². The Morgan fingerprint density at radius 1 is 1.00 bits per heavy atom. The van der Waals surface area contributed by atoms with Gasteiger partial charge in [0, 0.05) is 17.1 Å². The minimum absolute atomic E-state index is 0.148. The van der Waals surface area contributed by atoms with Gasteiger partial charge in [-0.05, 0) is 36.4 Å². The van der Waals surface area contributed by atoms with E-state index in [1.54, 1.807) is 12.1 Å². The molecular weight excluding hydrogens is 360 g/mol. The fraction of sp³-hybridized carbons (Fsp3) is 0. The summed E-state index contributed by atoms with van der Waals surface area (Å²) in [5.74, 6) is 0. The third kappa shape index (κ3) is 3.36. The molecule has 0 aliphatic heterocycles. The van der Waals surface area contributed by atoms with E-state index in [0.29, 0.717) is 16.8 Å². The van der Waals surface area contributed by atoms with Crippen molar-refractivity contribution in [3.05, 3.63) is 64.7 Å². The number of nitro groups is 1. The average molecular weight is 372 g/mol. The van der Waals surface area contributed by atoms with Crippen LogP contribution in [-0.2, 0) is 10.1 Å². The first-order valence-electron chi connectivity index (χ1n) is 7.22. The number of non-ortho nitro benzene ring substituents is 1. The topological polar surface area (TPSA) is 148 Å². The highest BCUT2D eigenvalue weighted by atomic mass is 32.2. The van der Waals surface area contributed by atoms with E-state index in [1.165, 1.54) is 42.5 Å². The molecule has 26 heavy (non-hydrogen) atoms. The summed E-state index contributed by atoms with van der Waals surface area (Å²) in [6.07, 6.45) is 0. The molecule has 0 aliphatic carbocycles. The van der Waals surface area contributed by atoms with Gasteiger partial charge >= 0.3 is 0 Å². The summed E-state index contributed by atoms with van der Waals surface area (Å²) < 4.78 is 31.0. The summed E-state index contributed by atoms with van der Waals surface area (Å²) in [7, 11) is -4.30. The Balaban J connectivity index is 2.07. The predicted molar refractivity (Wildman–Crippen MR) is 95.4 cm³/mol. The molecule has 3 aromatic carbocycles. The molecule has 0 atom stereocenters. The van der Waals surface area contributed by atoms with Gasteiger partial charge in [-0.2, -0.15) is 13.5 Å². The van der Waals surface area contributed by atoms with Crippen molar-refractivity contribution in [3.8, 4) is 0 Å². The molecule has 0 bridgehead atoms. The molecule has 132 valence electrons. The van der Waals surface area contributed by atoms with Gasteiger partial charge in [-0.1, -0.05) is 12.1 Å². The molecule has 3 aromatic rings. The molecule has 3 N–H and O–H groups in total. The van der Waals surface area contributed by atoms with Crippen LogP contribution in [0, 0.1) is 10.1 Å². The van der Waals surface area contributed by atoms with Crippen molar-refractivity contribution >= 4 is 43.6 Å². The second-order valence-electron chi connectivity index (χ2n) is 5.30. The maximum Gasteiger partial charge on any atom is 0.294 e. The summed E-state index contributed by atoms with van der Waals surface area (Å²) in [6.45, 7) is 0. The minimum atomic E-state index is -4.30. The van der Waals surface area contributed by atoms with Crippen LogP contribution in [0.3, 0.4) is 0 Å². The van der Waals surface area contributed by atoms with Crippen LogP contribution in [0.5, 0.6) is 0 Å². The molecule has 0 amide bonds. The Labute approximate surface area is 147 Å². The average Bonchev–Trinajstić information content (AvgIpc) is 2.60. The van der Waals surface area contributed by atoms with Crippen LogP contribution in [0.1, 0.15) is 0 Å². The van der Waals surface area contributed by atoms with Crippen molar-refractivity contribution in [3.63, 3.8) is 0 Å². The lowest BCUT2D eigenvalue weighted by molar-refractivity contribution is -0.383. The Morgan fingerprint density at radius 2 is 1.69 bits per heavy atom. The van der Waals surface area contributed by atoms with Gasteiger partial charge in [0.15, 0.2) is 0 Å². The van der Waals surface area contributed by atoms with Crippen molar-refractivity contribution in [2.24, 2.45) is 10.2 Å². The zero-order chi connectivity index (χ0) is 18.9. The van der Waals surface area contributed by atoms with Crippen molar-refractivity contribution in [2.75, 3.05) is 5.73 Å². The number of nitrogen functional groups attached to an aromatic ring is 1. The van der Waals surface area contributed by atoms with Gasteiger partial charge in [0.25, 0.3) is 15.8 Å². The molecule has 0 fully saturated rings. The predicted octanol–water partition coefficient (Wildman–Crippen LogP) is 3.99. The van der Waals surface area contributed by atoms with Gasteiger partial charge in [-0.15, -0.1) is 5.11 Å². The third-order valence-corrected chi connectivity index (χ3v) is 4.50. The number of anilines is 1. The lowest BCUT2D eigenvalue weighted by Gasteiger charge is -2.05. The molecule has 10 heteroatoms. The normalized spacial score (nSPS) is 11.9. The van der Waals surface area contributed by atoms with Crippen LogP contribution in [0.15, 0.2) is 69.7 Å². The number of nitrogens with zero attached hydrogens (tertiary/aromatic N) is 3. The van der Waals surface area contributed by atoms with Gasteiger partial charge in [-0.25, -0.2) is 0 Å². The minimum Gasteiger partial charge on any atom is -0.398 e. The number of fused-ring (bicyclic) bond motifs is 1. The molecule has 9 nitrogen and oxygen atoms in total. The number of rotatable bonds is 4. The lowest BCUT2D eigenvalue weighted by atomic mass is 10.1. The van der Waals surface area contributed by atoms with Crippen molar-refractivity contribution in [2.45, 2.75) is 4.90 Å². The van der Waals surface area contributed by atoms with Crippen LogP contribution >= 0.6 is 0 Å². The van der Waals surface area contributed by atoms with E-state index in [1.807, 2.05) is 0 Å². The number of benzene rings is 3. The fourth-order valence-electron chi connectivity index (χ4n) is 2.42. The Morgan fingerprint density at radius 3 is 2.31 bits per heavy atom. The quantitative estimate of drug-likeness (QED) is 0.232. The van der Waals surface area contributed by atoms with E-state index in [9.17, 15) is 18.5 Å². The zero-order valence-corrected chi connectivity index (χ0v) is 13.9. The molecule has 0 spiro atoms. The Hall–Kier alpha value is -3.37. The SMILES string of the molecule is Nc1ccc(N=Nc2ccc(S(=O)(=O)O)cc2)c2c([N+](=O)[O-])cccc12. The maximum absolute atomic E-state index is 11.3. The number of nitrogens with two attached hydrogens (primary N) is 1. The highest BCUT2D eigenvalue weighted by Gasteiger charge is 2.16. The summed E-state index contributed by atoms with van der Waals surface area (Å²) in [5, 5.41) is 20.0. The van der Waals surface area contributed by atoms with Gasteiger partial charge in [0.05, 0.1) is 20.9 Å². The number of azo groups is 1. The molecule has 0 radical (unpaired) electrons. The first kappa shape index (κ1) is 17.5. The fourth-order valence-corrected chi connectivity index (χ4v) is 2.90. The van der Waals surface area contributed by atoms with Crippen LogP contribution in [0.4, 0.5) is 22.7 Å². The van der Waals surface area contributed by atoms with Gasteiger partial charge in [0.1, 0.15) is 5.69 Å². The van der Waals surface area contributed by atoms with Crippen LogP contribution in [0.2, 0.25) is 0 Å². The largest absolute Gasteiger partial charge is 0.398 e. The van der Waals surface area contributed by atoms with Crippen LogP contribution in [0.25, 0.3) is 10.8 Å². The summed E-state index contributed by atoms with van der Waals surface area (Å²) in [5.41, 5.74) is 6.67. The maximum atomic E-state index is 11.3. The van der Waals surface area contributed by atoms with E-state index >= 15 is 0 Å². The summed E-state index contributed by atoms with van der Waals surface area (Å²) in [4.78, 5) is 10.5. The molecule has 0 aromatic heterocycles. The van der Waals surface area contributed by atoms with Crippen molar-refractivity contribution in [1.29, 1.82) is 0 Å². The van der Waals surface area contributed by atoms with Crippen molar-refractivity contribution < 1.29 is 17.9 Å². The van der Waals surface area contributed by atoms with Gasteiger partial charge < -0.3 is 5.73 Å². The monoisotopic (exact) mass is 372 g/mol. The molecule has 0 aliphatic rings. The standard InChI is InChI=1S/C16H12N4O5S/c17-13-8-9-14(16-12(13)2-1-3-15(16)20(21)22)19-18-10-4-6-11(7-5-10)26(23,24)25/h1-9H,17H2,(H,23,24,25). The molecule has 0 saturated heterocycles. The molecule has 0 saturated carbocycles. The van der Waals surface area contributed by atoms with E-state index in [2.05, 4.69) is 10.2 Å². The first-order chi connectivity index (χ1) is 12.3. The Kier molecular flexibility index (Phi) is 4.36.